The molecule has 20 heavy (non-hydrogen) atoms. The van der Waals surface area contributed by atoms with Crippen LogP contribution in [0.3, 0.4) is 0 Å². The normalized spacial score (nSPS) is 21.9. The van der Waals surface area contributed by atoms with Crippen molar-refractivity contribution in [2.45, 2.75) is 38.8 Å². The van der Waals surface area contributed by atoms with Crippen LogP contribution in [0.1, 0.15) is 35.6 Å². The largest absolute Gasteiger partial charge is 0.377 e. The van der Waals surface area contributed by atoms with Gasteiger partial charge in [-0.25, -0.2) is 0 Å². The van der Waals surface area contributed by atoms with Gasteiger partial charge in [-0.05, 0) is 44.9 Å². The minimum absolute atomic E-state index is 0.151. The first-order chi connectivity index (χ1) is 9.60. The van der Waals surface area contributed by atoms with Gasteiger partial charge in [-0.2, -0.15) is 0 Å². The first-order valence-electron chi connectivity index (χ1n) is 7.31. The summed E-state index contributed by atoms with van der Waals surface area (Å²) in [6, 6.07) is 6.60. The van der Waals surface area contributed by atoms with Crippen molar-refractivity contribution in [3.8, 4) is 0 Å². The zero-order chi connectivity index (χ0) is 14.5. The van der Waals surface area contributed by atoms with E-state index in [1.165, 1.54) is 16.7 Å². The standard InChI is InChI=1S/C16H25NO2S/c1-12-6-7-15(13(2)9-12)16(17-3)11-20(18)10-14-5-4-8-19-14/h6-7,9,14,16-17H,4-5,8,10-11H2,1-3H3. The van der Waals surface area contributed by atoms with E-state index in [1.807, 2.05) is 7.05 Å². The van der Waals surface area contributed by atoms with E-state index in [1.54, 1.807) is 0 Å². The van der Waals surface area contributed by atoms with Gasteiger partial charge in [0.25, 0.3) is 0 Å². The van der Waals surface area contributed by atoms with Gasteiger partial charge in [-0.3, -0.25) is 4.21 Å². The van der Waals surface area contributed by atoms with Crippen LogP contribution < -0.4 is 5.32 Å². The van der Waals surface area contributed by atoms with E-state index >= 15 is 0 Å². The fourth-order valence-corrected chi connectivity index (χ4v) is 4.31. The quantitative estimate of drug-likeness (QED) is 0.876. The molecular formula is C16H25NO2S. The molecule has 3 nitrogen and oxygen atoms in total. The fourth-order valence-electron chi connectivity index (χ4n) is 2.78. The summed E-state index contributed by atoms with van der Waals surface area (Å²) in [5.41, 5.74) is 3.78. The van der Waals surface area contributed by atoms with Crippen LogP contribution >= 0.6 is 0 Å². The van der Waals surface area contributed by atoms with Crippen LogP contribution in [-0.4, -0.2) is 35.5 Å². The molecule has 1 saturated heterocycles. The molecule has 1 aromatic rings. The van der Waals surface area contributed by atoms with Gasteiger partial charge >= 0.3 is 0 Å². The predicted molar refractivity (Wildman–Crippen MR) is 84.6 cm³/mol. The molecule has 1 aliphatic rings. The molecule has 0 amide bonds. The molecule has 1 heterocycles. The summed E-state index contributed by atoms with van der Waals surface area (Å²) >= 11 is 0. The molecule has 4 heteroatoms. The van der Waals surface area contributed by atoms with Crippen molar-refractivity contribution in [1.82, 2.24) is 5.32 Å². The second-order valence-corrected chi connectivity index (χ2v) is 7.16. The van der Waals surface area contributed by atoms with Gasteiger partial charge in [0.2, 0.25) is 0 Å². The van der Waals surface area contributed by atoms with Crippen molar-refractivity contribution in [2.24, 2.45) is 0 Å². The zero-order valence-electron chi connectivity index (χ0n) is 12.6. The zero-order valence-corrected chi connectivity index (χ0v) is 13.5. The maximum Gasteiger partial charge on any atom is 0.0691 e. The van der Waals surface area contributed by atoms with Crippen molar-refractivity contribution in [3.05, 3.63) is 34.9 Å². The summed E-state index contributed by atoms with van der Waals surface area (Å²) in [6.45, 7) is 5.05. The highest BCUT2D eigenvalue weighted by Gasteiger charge is 2.21. The van der Waals surface area contributed by atoms with Crippen molar-refractivity contribution in [3.63, 3.8) is 0 Å². The summed E-state index contributed by atoms with van der Waals surface area (Å²) in [5.74, 6) is 1.32. The molecule has 1 aliphatic heterocycles. The number of benzene rings is 1. The van der Waals surface area contributed by atoms with Crippen molar-refractivity contribution >= 4 is 10.8 Å². The Labute approximate surface area is 124 Å². The summed E-state index contributed by atoms with van der Waals surface area (Å²) < 4.78 is 17.9. The minimum atomic E-state index is -0.841. The predicted octanol–water partition coefficient (Wildman–Crippen LogP) is 2.49. The highest BCUT2D eigenvalue weighted by atomic mass is 32.2. The summed E-state index contributed by atoms with van der Waals surface area (Å²) in [5, 5.41) is 3.30. The maximum atomic E-state index is 12.3. The molecule has 0 aromatic heterocycles. The topological polar surface area (TPSA) is 38.3 Å². The third-order valence-electron chi connectivity index (χ3n) is 3.90. The van der Waals surface area contributed by atoms with Gasteiger partial charge in [0.05, 0.1) is 6.10 Å². The molecule has 0 radical (unpaired) electrons. The molecule has 0 saturated carbocycles. The van der Waals surface area contributed by atoms with Crippen LogP contribution in [0.25, 0.3) is 0 Å². The number of hydrogen-bond donors (Lipinski definition) is 1. The van der Waals surface area contributed by atoms with E-state index in [0.717, 1.165) is 19.4 Å². The molecular weight excluding hydrogens is 270 g/mol. The molecule has 1 N–H and O–H groups in total. The van der Waals surface area contributed by atoms with Crippen molar-refractivity contribution in [1.29, 1.82) is 0 Å². The molecule has 1 fully saturated rings. The van der Waals surface area contributed by atoms with E-state index in [0.29, 0.717) is 11.5 Å². The number of aryl methyl sites for hydroxylation is 2. The van der Waals surface area contributed by atoms with Crippen LogP contribution in [0.5, 0.6) is 0 Å². The Morgan fingerprint density at radius 3 is 2.85 bits per heavy atom. The fraction of sp³-hybridized carbons (Fsp3) is 0.625. The Balaban J connectivity index is 1.98. The summed E-state index contributed by atoms with van der Waals surface area (Å²) in [4.78, 5) is 0. The second-order valence-electron chi connectivity index (χ2n) is 5.61. The highest BCUT2D eigenvalue weighted by molar-refractivity contribution is 7.85. The lowest BCUT2D eigenvalue weighted by atomic mass is 10.0. The van der Waals surface area contributed by atoms with Crippen molar-refractivity contribution in [2.75, 3.05) is 25.2 Å². The molecule has 0 aliphatic carbocycles. The summed E-state index contributed by atoms with van der Waals surface area (Å²) in [7, 11) is 1.10. The number of rotatable bonds is 6. The van der Waals surface area contributed by atoms with E-state index in [4.69, 9.17) is 4.74 Å². The van der Waals surface area contributed by atoms with Crippen LogP contribution in [0, 0.1) is 13.8 Å². The average molecular weight is 295 g/mol. The van der Waals surface area contributed by atoms with Crippen molar-refractivity contribution < 1.29 is 8.95 Å². The number of ether oxygens (including phenoxy) is 1. The minimum Gasteiger partial charge on any atom is -0.377 e. The molecule has 3 atom stereocenters. The highest BCUT2D eigenvalue weighted by Crippen LogP contribution is 2.21. The molecule has 0 spiro atoms. The Bertz CT molecular complexity index is 470. The first kappa shape index (κ1) is 15.7. The van der Waals surface area contributed by atoms with Gasteiger partial charge in [0.1, 0.15) is 0 Å². The SMILES string of the molecule is CNC(CS(=O)CC1CCCO1)c1ccc(C)cc1C. The second kappa shape index (κ2) is 7.34. The molecule has 112 valence electrons. The van der Waals surface area contributed by atoms with Gasteiger partial charge in [-0.15, -0.1) is 0 Å². The Hall–Kier alpha value is -0.710. The Kier molecular flexibility index (Phi) is 5.75. The van der Waals surface area contributed by atoms with E-state index in [9.17, 15) is 4.21 Å². The van der Waals surface area contributed by atoms with E-state index in [2.05, 4.69) is 37.4 Å². The lowest BCUT2D eigenvalue weighted by molar-refractivity contribution is 0.128. The van der Waals surface area contributed by atoms with Crippen LogP contribution in [-0.2, 0) is 15.5 Å². The Morgan fingerprint density at radius 2 is 2.25 bits per heavy atom. The van der Waals surface area contributed by atoms with Gasteiger partial charge in [0.15, 0.2) is 0 Å². The molecule has 1 aromatic carbocycles. The number of hydrogen-bond acceptors (Lipinski definition) is 3. The van der Waals surface area contributed by atoms with Crippen LogP contribution in [0.4, 0.5) is 0 Å². The molecule has 3 unspecified atom stereocenters. The third-order valence-corrected chi connectivity index (χ3v) is 5.35. The maximum absolute atomic E-state index is 12.3. The van der Waals surface area contributed by atoms with Gasteiger partial charge in [-0.1, -0.05) is 23.8 Å². The van der Waals surface area contributed by atoms with Gasteiger partial charge < -0.3 is 10.1 Å². The van der Waals surface area contributed by atoms with E-state index < -0.39 is 10.8 Å². The molecule has 0 bridgehead atoms. The molecule has 2 rings (SSSR count). The van der Waals surface area contributed by atoms with Crippen LogP contribution in [0.2, 0.25) is 0 Å². The average Bonchev–Trinajstić information content (AvgIpc) is 2.89. The monoisotopic (exact) mass is 295 g/mol. The lowest BCUT2D eigenvalue weighted by Gasteiger charge is -2.20. The van der Waals surface area contributed by atoms with Crippen LogP contribution in [0.15, 0.2) is 18.2 Å². The first-order valence-corrected chi connectivity index (χ1v) is 8.80. The Morgan fingerprint density at radius 1 is 1.45 bits per heavy atom. The third kappa shape index (κ3) is 4.14. The summed E-state index contributed by atoms with van der Waals surface area (Å²) in [6.07, 6.45) is 2.36. The number of nitrogens with one attached hydrogen (secondary N) is 1. The van der Waals surface area contributed by atoms with E-state index in [-0.39, 0.29) is 12.1 Å². The lowest BCUT2D eigenvalue weighted by Crippen LogP contribution is -2.27. The van der Waals surface area contributed by atoms with Gasteiger partial charge in [0, 0.05) is 35.0 Å². The smallest absolute Gasteiger partial charge is 0.0691 e.